The molecular weight excluding hydrogens is 335 g/mol. The van der Waals surface area contributed by atoms with Crippen molar-refractivity contribution in [1.82, 2.24) is 9.78 Å². The van der Waals surface area contributed by atoms with E-state index in [1.807, 2.05) is 0 Å². The molecule has 136 valence electrons. The fraction of sp³-hybridized carbons (Fsp3) is 0.412. The minimum absolute atomic E-state index is 0.0311. The minimum Gasteiger partial charge on any atom is -0.381 e. The number of ether oxygens (including phenoxy) is 1. The zero-order valence-corrected chi connectivity index (χ0v) is 14.4. The second-order valence-electron chi connectivity index (χ2n) is 5.87. The lowest BCUT2D eigenvalue weighted by atomic mass is 10.1. The Morgan fingerprint density at radius 3 is 2.52 bits per heavy atom. The summed E-state index contributed by atoms with van der Waals surface area (Å²) in [5.41, 5.74) is 1.06. The number of carbonyl (C=O) groups is 1. The van der Waals surface area contributed by atoms with Gasteiger partial charge in [-0.15, -0.1) is 0 Å². The Bertz CT molecular complexity index is 769. The summed E-state index contributed by atoms with van der Waals surface area (Å²) in [4.78, 5) is 12.1. The van der Waals surface area contributed by atoms with Gasteiger partial charge in [-0.2, -0.15) is 18.3 Å². The average Bonchev–Trinajstić information content (AvgIpc) is 2.84. The molecular formula is C17H20F3N3O2. The quantitative estimate of drug-likeness (QED) is 0.886. The van der Waals surface area contributed by atoms with Crippen molar-refractivity contribution >= 4 is 11.6 Å². The summed E-state index contributed by atoms with van der Waals surface area (Å²) >= 11 is 0. The Labute approximate surface area is 143 Å². The van der Waals surface area contributed by atoms with Gasteiger partial charge in [0.2, 0.25) is 5.91 Å². The van der Waals surface area contributed by atoms with E-state index in [2.05, 4.69) is 10.4 Å². The molecule has 2 aromatic rings. The summed E-state index contributed by atoms with van der Waals surface area (Å²) in [7, 11) is 1.46. The van der Waals surface area contributed by atoms with Gasteiger partial charge in [-0.3, -0.25) is 4.79 Å². The number of nitrogens with zero attached hydrogens (tertiary/aromatic N) is 2. The number of hydrogen-bond donors (Lipinski definition) is 1. The van der Waals surface area contributed by atoms with Crippen LogP contribution < -0.4 is 5.32 Å². The third-order valence-electron chi connectivity index (χ3n) is 3.71. The van der Waals surface area contributed by atoms with E-state index in [0.717, 1.165) is 23.5 Å². The first-order valence-corrected chi connectivity index (χ1v) is 7.69. The molecule has 0 aliphatic carbocycles. The molecule has 1 N–H and O–H groups in total. The standard InChI is InChI=1S/C17H20F3N3O2/c1-10-7-11(2)23(22-10)15-6-5-13(17(18,19)20)9-14(15)21-16(24)8-12(3)25-4/h5-7,9,12H,8H2,1-4H3,(H,21,24). The Morgan fingerprint density at radius 1 is 1.32 bits per heavy atom. The van der Waals surface area contributed by atoms with Gasteiger partial charge >= 0.3 is 6.18 Å². The van der Waals surface area contributed by atoms with Gasteiger partial charge in [0.05, 0.1) is 35.2 Å². The smallest absolute Gasteiger partial charge is 0.381 e. The molecule has 0 fully saturated rings. The van der Waals surface area contributed by atoms with Crippen LogP contribution >= 0.6 is 0 Å². The van der Waals surface area contributed by atoms with Crippen molar-refractivity contribution in [2.24, 2.45) is 0 Å². The largest absolute Gasteiger partial charge is 0.416 e. The third-order valence-corrected chi connectivity index (χ3v) is 3.71. The highest BCUT2D eigenvalue weighted by Crippen LogP contribution is 2.33. The van der Waals surface area contributed by atoms with E-state index >= 15 is 0 Å². The second-order valence-corrected chi connectivity index (χ2v) is 5.87. The predicted octanol–water partition coefficient (Wildman–Crippen LogP) is 3.87. The van der Waals surface area contributed by atoms with Crippen molar-refractivity contribution in [3.05, 3.63) is 41.2 Å². The van der Waals surface area contributed by atoms with Crippen LogP contribution in [0.2, 0.25) is 0 Å². The summed E-state index contributed by atoms with van der Waals surface area (Å²) in [6.45, 7) is 5.27. The van der Waals surface area contributed by atoms with Gasteiger partial charge in [-0.05, 0) is 45.0 Å². The van der Waals surface area contributed by atoms with E-state index in [1.165, 1.54) is 17.9 Å². The maximum atomic E-state index is 13.0. The fourth-order valence-corrected chi connectivity index (χ4v) is 2.42. The number of hydrogen-bond acceptors (Lipinski definition) is 3. The Morgan fingerprint density at radius 2 is 2.00 bits per heavy atom. The molecule has 0 saturated heterocycles. The molecule has 1 aromatic heterocycles. The Balaban J connectivity index is 2.45. The van der Waals surface area contributed by atoms with Gasteiger partial charge in [0.15, 0.2) is 0 Å². The van der Waals surface area contributed by atoms with Gasteiger partial charge in [0.25, 0.3) is 0 Å². The maximum Gasteiger partial charge on any atom is 0.416 e. The molecule has 0 aliphatic heterocycles. The molecule has 1 unspecified atom stereocenters. The lowest BCUT2D eigenvalue weighted by Gasteiger charge is -2.16. The van der Waals surface area contributed by atoms with Crippen LogP contribution in [0.3, 0.4) is 0 Å². The number of halogens is 3. The van der Waals surface area contributed by atoms with Gasteiger partial charge in [0, 0.05) is 12.8 Å². The summed E-state index contributed by atoms with van der Waals surface area (Å²) < 4.78 is 45.6. The highest BCUT2D eigenvalue weighted by atomic mass is 19.4. The van der Waals surface area contributed by atoms with Crippen molar-refractivity contribution < 1.29 is 22.7 Å². The zero-order chi connectivity index (χ0) is 18.8. The molecule has 0 aliphatic rings. The number of aromatic nitrogens is 2. The molecule has 1 aromatic carbocycles. The van der Waals surface area contributed by atoms with E-state index in [0.29, 0.717) is 5.69 Å². The number of anilines is 1. The number of aryl methyl sites for hydroxylation is 2. The third kappa shape index (κ3) is 4.60. The van der Waals surface area contributed by atoms with Crippen LogP contribution in [0.25, 0.3) is 5.69 Å². The van der Waals surface area contributed by atoms with E-state index in [9.17, 15) is 18.0 Å². The molecule has 0 bridgehead atoms. The normalized spacial score (nSPS) is 12.9. The van der Waals surface area contributed by atoms with Crippen molar-refractivity contribution in [3.8, 4) is 5.69 Å². The number of alkyl halides is 3. The topological polar surface area (TPSA) is 56.1 Å². The molecule has 2 rings (SSSR count). The molecule has 25 heavy (non-hydrogen) atoms. The van der Waals surface area contributed by atoms with E-state index in [1.54, 1.807) is 26.8 Å². The SMILES string of the molecule is COC(C)CC(=O)Nc1cc(C(F)(F)F)ccc1-n1nc(C)cc1C. The summed E-state index contributed by atoms with van der Waals surface area (Å²) in [6.07, 6.45) is -4.82. The molecule has 1 atom stereocenters. The van der Waals surface area contributed by atoms with Crippen LogP contribution in [0.5, 0.6) is 0 Å². The zero-order valence-electron chi connectivity index (χ0n) is 14.4. The molecule has 0 saturated carbocycles. The molecule has 0 spiro atoms. The minimum atomic E-state index is -4.51. The number of benzene rings is 1. The molecule has 1 heterocycles. The van der Waals surface area contributed by atoms with Crippen molar-refractivity contribution in [2.45, 2.75) is 39.5 Å². The van der Waals surface area contributed by atoms with Crippen molar-refractivity contribution in [1.29, 1.82) is 0 Å². The predicted molar refractivity (Wildman–Crippen MR) is 87.8 cm³/mol. The Hall–Kier alpha value is -2.35. The number of nitrogens with one attached hydrogen (secondary N) is 1. The fourth-order valence-electron chi connectivity index (χ4n) is 2.42. The van der Waals surface area contributed by atoms with Crippen LogP contribution in [0, 0.1) is 13.8 Å². The average molecular weight is 355 g/mol. The number of amides is 1. The van der Waals surface area contributed by atoms with Crippen LogP contribution in [0.4, 0.5) is 18.9 Å². The van der Waals surface area contributed by atoms with Crippen LogP contribution in [0.15, 0.2) is 24.3 Å². The van der Waals surface area contributed by atoms with E-state index in [4.69, 9.17) is 4.74 Å². The summed E-state index contributed by atoms with van der Waals surface area (Å²) in [5, 5.41) is 6.82. The highest BCUT2D eigenvalue weighted by Gasteiger charge is 2.31. The first-order chi connectivity index (χ1) is 11.6. The number of methoxy groups -OCH3 is 1. The van der Waals surface area contributed by atoms with Gasteiger partial charge in [-0.1, -0.05) is 0 Å². The molecule has 0 radical (unpaired) electrons. The lowest BCUT2D eigenvalue weighted by molar-refractivity contribution is -0.137. The first-order valence-electron chi connectivity index (χ1n) is 7.69. The van der Waals surface area contributed by atoms with E-state index in [-0.39, 0.29) is 18.2 Å². The van der Waals surface area contributed by atoms with Crippen molar-refractivity contribution in [2.75, 3.05) is 12.4 Å². The summed E-state index contributed by atoms with van der Waals surface area (Å²) in [5.74, 6) is -0.434. The second kappa shape index (κ2) is 7.26. The van der Waals surface area contributed by atoms with Crippen LogP contribution in [-0.4, -0.2) is 28.9 Å². The molecule has 8 heteroatoms. The number of rotatable bonds is 5. The van der Waals surface area contributed by atoms with Crippen LogP contribution in [-0.2, 0) is 15.7 Å². The maximum absolute atomic E-state index is 13.0. The van der Waals surface area contributed by atoms with Crippen molar-refractivity contribution in [3.63, 3.8) is 0 Å². The number of carbonyl (C=O) groups excluding carboxylic acids is 1. The van der Waals surface area contributed by atoms with Crippen LogP contribution in [0.1, 0.15) is 30.3 Å². The van der Waals surface area contributed by atoms with Gasteiger partial charge < -0.3 is 10.1 Å². The van der Waals surface area contributed by atoms with E-state index < -0.39 is 17.6 Å². The highest BCUT2D eigenvalue weighted by molar-refractivity contribution is 5.93. The molecule has 1 amide bonds. The summed E-state index contributed by atoms with van der Waals surface area (Å²) in [6, 6.07) is 4.99. The monoisotopic (exact) mass is 355 g/mol. The Kier molecular flexibility index (Phi) is 5.52. The van der Waals surface area contributed by atoms with Gasteiger partial charge in [-0.25, -0.2) is 4.68 Å². The lowest BCUT2D eigenvalue weighted by Crippen LogP contribution is -2.20. The first kappa shape index (κ1) is 19.0. The van der Waals surface area contributed by atoms with Gasteiger partial charge in [0.1, 0.15) is 0 Å². The molecule has 5 nitrogen and oxygen atoms in total.